The first-order valence-corrected chi connectivity index (χ1v) is 12.7. The minimum absolute atomic E-state index is 0.137. The van der Waals surface area contributed by atoms with Gasteiger partial charge in [-0.25, -0.2) is 9.79 Å². The van der Waals surface area contributed by atoms with E-state index in [0.717, 1.165) is 29.9 Å². The summed E-state index contributed by atoms with van der Waals surface area (Å²) in [4.78, 5) is 32.3. The molecule has 9 heteroatoms. The summed E-state index contributed by atoms with van der Waals surface area (Å²) in [6.45, 7) is 3.03. The monoisotopic (exact) mass is 507 g/mol. The van der Waals surface area contributed by atoms with Crippen LogP contribution >= 0.6 is 23.1 Å². The maximum atomic E-state index is 12.8. The number of thioether (sulfide) groups is 1. The molecule has 1 aliphatic heterocycles. The Morgan fingerprint density at radius 3 is 2.63 bits per heavy atom. The molecule has 1 aromatic heterocycles. The number of likely N-dealkylation sites (N-methyl/N-ethyl adjacent to an activating group) is 1. The Hall–Kier alpha value is -3.56. The first-order chi connectivity index (χ1) is 17.0. The number of amidine groups is 1. The Kier molecular flexibility index (Phi) is 7.89. The highest BCUT2D eigenvalue weighted by atomic mass is 32.2. The van der Waals surface area contributed by atoms with E-state index in [-0.39, 0.29) is 5.91 Å². The summed E-state index contributed by atoms with van der Waals surface area (Å²) < 4.78 is 10.9. The molecule has 1 aliphatic rings. The lowest BCUT2D eigenvalue weighted by molar-refractivity contribution is -0.121. The van der Waals surface area contributed by atoms with Gasteiger partial charge >= 0.3 is 5.97 Å². The van der Waals surface area contributed by atoms with Crippen molar-refractivity contribution in [2.45, 2.75) is 13.3 Å². The van der Waals surface area contributed by atoms with Crippen molar-refractivity contribution in [2.24, 2.45) is 4.99 Å². The third-order valence-corrected chi connectivity index (χ3v) is 7.00. The lowest BCUT2D eigenvalue weighted by Gasteiger charge is -2.09. The highest BCUT2D eigenvalue weighted by Gasteiger charge is 2.30. The van der Waals surface area contributed by atoms with E-state index in [4.69, 9.17) is 9.47 Å². The second-order valence-corrected chi connectivity index (χ2v) is 9.58. The Morgan fingerprint density at radius 2 is 1.94 bits per heavy atom. The number of esters is 1. The van der Waals surface area contributed by atoms with Crippen molar-refractivity contribution in [3.63, 3.8) is 0 Å². The number of anilines is 1. The van der Waals surface area contributed by atoms with Crippen LogP contribution in [0.25, 0.3) is 6.08 Å². The number of thiophene rings is 1. The smallest absolute Gasteiger partial charge is 0.353 e. The van der Waals surface area contributed by atoms with Gasteiger partial charge in [-0.15, -0.1) is 11.3 Å². The van der Waals surface area contributed by atoms with Gasteiger partial charge in [0.25, 0.3) is 5.91 Å². The molecule has 1 saturated heterocycles. The Morgan fingerprint density at radius 1 is 1.14 bits per heavy atom. The molecule has 0 spiro atoms. The first-order valence-electron chi connectivity index (χ1n) is 11.0. The van der Waals surface area contributed by atoms with E-state index < -0.39 is 5.97 Å². The summed E-state index contributed by atoms with van der Waals surface area (Å²) in [6, 6.07) is 16.5. The van der Waals surface area contributed by atoms with Gasteiger partial charge in [0.1, 0.15) is 4.88 Å². The molecule has 0 bridgehead atoms. The van der Waals surface area contributed by atoms with Crippen LogP contribution in [0.4, 0.5) is 11.4 Å². The summed E-state index contributed by atoms with van der Waals surface area (Å²) >= 11 is 2.62. The fraction of sp³-hybridized carbons (Fsp3) is 0.192. The Balaban J connectivity index is 1.50. The largest absolute Gasteiger partial charge is 0.493 e. The average Bonchev–Trinajstić information content (AvgIpc) is 3.50. The molecular formula is C26H25N3O4S2. The number of hydrogen-bond acceptors (Lipinski definition) is 8. The third-order valence-electron chi connectivity index (χ3n) is 5.09. The highest BCUT2D eigenvalue weighted by molar-refractivity contribution is 8.18. The van der Waals surface area contributed by atoms with E-state index >= 15 is 0 Å². The molecule has 0 unspecified atom stereocenters. The summed E-state index contributed by atoms with van der Waals surface area (Å²) in [6.07, 6.45) is 2.83. The van der Waals surface area contributed by atoms with Gasteiger partial charge in [0.15, 0.2) is 16.7 Å². The number of carbonyl (C=O) groups excluding carboxylic acids is 2. The minimum atomic E-state index is -0.442. The van der Waals surface area contributed by atoms with Crippen molar-refractivity contribution in [2.75, 3.05) is 26.0 Å². The molecule has 0 aliphatic carbocycles. The standard InChI is InChI=1S/C26H25N3O4S2/c1-4-13-27-18-8-10-19(11-9-18)28-26-29(2)24(30)23(35-26)16-17-7-12-20(21(15-17)32-3)33-25(31)22-6-5-14-34-22/h5-12,14-16,27H,4,13H2,1-3H3. The van der Waals surface area contributed by atoms with Crippen LogP contribution < -0.4 is 14.8 Å². The molecule has 180 valence electrons. The van der Waals surface area contributed by atoms with E-state index in [9.17, 15) is 9.59 Å². The maximum Gasteiger partial charge on any atom is 0.353 e. The van der Waals surface area contributed by atoms with Crippen LogP contribution in [-0.4, -0.2) is 42.6 Å². The molecule has 1 amide bonds. The molecule has 4 rings (SSSR count). The molecule has 7 nitrogen and oxygen atoms in total. The molecular weight excluding hydrogens is 482 g/mol. The lowest BCUT2D eigenvalue weighted by atomic mass is 10.2. The summed E-state index contributed by atoms with van der Waals surface area (Å²) in [5.41, 5.74) is 2.56. The first kappa shape index (κ1) is 24.6. The molecule has 1 fully saturated rings. The number of aliphatic imine (C=N–C) groups is 1. The number of rotatable bonds is 8. The molecule has 0 atom stereocenters. The molecule has 2 aromatic carbocycles. The number of benzene rings is 2. The molecule has 1 N–H and O–H groups in total. The van der Waals surface area contributed by atoms with Crippen molar-refractivity contribution in [1.82, 2.24) is 4.90 Å². The van der Waals surface area contributed by atoms with Crippen LogP contribution in [0.15, 0.2) is 69.9 Å². The van der Waals surface area contributed by atoms with Gasteiger partial charge in [0.2, 0.25) is 0 Å². The van der Waals surface area contributed by atoms with Gasteiger partial charge in [-0.1, -0.05) is 19.1 Å². The quantitative estimate of drug-likeness (QED) is 0.228. The van der Waals surface area contributed by atoms with E-state index in [1.807, 2.05) is 29.6 Å². The van der Waals surface area contributed by atoms with Gasteiger partial charge < -0.3 is 14.8 Å². The van der Waals surface area contributed by atoms with Crippen molar-refractivity contribution < 1.29 is 19.1 Å². The van der Waals surface area contributed by atoms with Crippen LogP contribution in [-0.2, 0) is 4.79 Å². The molecule has 2 heterocycles. The van der Waals surface area contributed by atoms with E-state index in [0.29, 0.717) is 26.4 Å². The van der Waals surface area contributed by atoms with Gasteiger partial charge in [0.05, 0.1) is 17.7 Å². The van der Waals surface area contributed by atoms with Crippen LogP contribution in [0.1, 0.15) is 28.6 Å². The predicted octanol–water partition coefficient (Wildman–Crippen LogP) is 6.03. The number of carbonyl (C=O) groups is 2. The lowest BCUT2D eigenvalue weighted by Crippen LogP contribution is -2.23. The molecule has 35 heavy (non-hydrogen) atoms. The highest BCUT2D eigenvalue weighted by Crippen LogP contribution is 2.35. The topological polar surface area (TPSA) is 80.2 Å². The fourth-order valence-corrected chi connectivity index (χ4v) is 4.83. The fourth-order valence-electron chi connectivity index (χ4n) is 3.24. The van der Waals surface area contributed by atoms with Gasteiger partial charge in [-0.05, 0) is 77.7 Å². The van der Waals surface area contributed by atoms with Crippen LogP contribution in [0.2, 0.25) is 0 Å². The van der Waals surface area contributed by atoms with Crippen molar-refractivity contribution in [3.05, 3.63) is 75.3 Å². The molecule has 3 aromatic rings. The number of amides is 1. The minimum Gasteiger partial charge on any atom is -0.493 e. The number of methoxy groups -OCH3 is 1. The van der Waals surface area contributed by atoms with Crippen LogP contribution in [0.5, 0.6) is 11.5 Å². The zero-order valence-electron chi connectivity index (χ0n) is 19.6. The van der Waals surface area contributed by atoms with E-state index in [2.05, 4.69) is 17.2 Å². The second kappa shape index (κ2) is 11.2. The van der Waals surface area contributed by atoms with E-state index in [1.165, 1.54) is 35.1 Å². The second-order valence-electron chi connectivity index (χ2n) is 7.62. The average molecular weight is 508 g/mol. The SMILES string of the molecule is CCCNc1ccc(N=C2SC(=Cc3ccc(OC(=O)c4cccs4)c(OC)c3)C(=O)N2C)cc1. The normalized spacial score (nSPS) is 15.6. The number of ether oxygens (including phenoxy) is 2. The number of nitrogens with one attached hydrogen (secondary N) is 1. The van der Waals surface area contributed by atoms with Crippen molar-refractivity contribution in [3.8, 4) is 11.5 Å². The Bertz CT molecular complexity index is 1270. The summed E-state index contributed by atoms with van der Waals surface area (Å²) in [5, 5.41) is 5.75. The summed E-state index contributed by atoms with van der Waals surface area (Å²) in [7, 11) is 3.21. The van der Waals surface area contributed by atoms with Crippen LogP contribution in [0.3, 0.4) is 0 Å². The zero-order valence-corrected chi connectivity index (χ0v) is 21.2. The van der Waals surface area contributed by atoms with Crippen molar-refractivity contribution in [1.29, 1.82) is 0 Å². The van der Waals surface area contributed by atoms with Gasteiger partial charge in [-0.2, -0.15) is 0 Å². The summed E-state index contributed by atoms with van der Waals surface area (Å²) in [5.74, 6) is 0.137. The van der Waals surface area contributed by atoms with Gasteiger partial charge in [-0.3, -0.25) is 9.69 Å². The van der Waals surface area contributed by atoms with Crippen molar-refractivity contribution >= 4 is 57.6 Å². The predicted molar refractivity (Wildman–Crippen MR) is 143 cm³/mol. The third kappa shape index (κ3) is 5.93. The number of hydrogen-bond donors (Lipinski definition) is 1. The van der Waals surface area contributed by atoms with Crippen LogP contribution in [0, 0.1) is 0 Å². The molecule has 0 saturated carbocycles. The number of nitrogens with zero attached hydrogens (tertiary/aromatic N) is 2. The maximum absolute atomic E-state index is 12.8. The van der Waals surface area contributed by atoms with Gasteiger partial charge in [0, 0.05) is 19.3 Å². The zero-order chi connectivity index (χ0) is 24.8. The Labute approximate surface area is 212 Å². The molecule has 0 radical (unpaired) electrons. The van der Waals surface area contributed by atoms with E-state index in [1.54, 1.807) is 43.5 Å².